The highest BCUT2D eigenvalue weighted by Crippen LogP contribution is 2.24. The molecule has 11 nitrogen and oxygen atoms in total. The van der Waals surface area contributed by atoms with E-state index in [1.54, 1.807) is 86.6 Å². The number of rotatable bonds is 10. The molecule has 0 aliphatic heterocycles. The molecule has 2 amide bonds. The number of hydrazone groups is 2. The number of furan rings is 2. The molecule has 0 aliphatic carbocycles. The number of hydrogen-bond donors (Lipinski definition) is 2. The number of hydrogen-bond acceptors (Lipinski definition) is 9. The summed E-state index contributed by atoms with van der Waals surface area (Å²) in [6.45, 7) is 4.06. The lowest BCUT2D eigenvalue weighted by atomic mass is 10.1. The first-order valence-corrected chi connectivity index (χ1v) is 12.3. The SMILES string of the molecule is CCOC(=O)c1cccc(-c2ccc(C=NNC(=O)NN=Cc3ccc(-c4cccc(C(=O)OCC)c4)o3)o2)c1. The first kappa shape index (κ1) is 27.6. The highest BCUT2D eigenvalue weighted by Gasteiger charge is 2.11. The van der Waals surface area contributed by atoms with Crippen LogP contribution in [-0.2, 0) is 9.47 Å². The molecular formula is C29H26N4O7. The van der Waals surface area contributed by atoms with Crippen LogP contribution in [0.2, 0.25) is 0 Å². The van der Waals surface area contributed by atoms with Crippen molar-refractivity contribution in [1.82, 2.24) is 10.9 Å². The van der Waals surface area contributed by atoms with Crippen molar-refractivity contribution in [1.29, 1.82) is 0 Å². The van der Waals surface area contributed by atoms with Crippen LogP contribution in [0.15, 0.2) is 91.8 Å². The third-order valence-electron chi connectivity index (χ3n) is 5.29. The molecule has 40 heavy (non-hydrogen) atoms. The Balaban J connectivity index is 1.28. The Labute approximate surface area is 229 Å². The van der Waals surface area contributed by atoms with E-state index in [1.807, 2.05) is 0 Å². The summed E-state index contributed by atoms with van der Waals surface area (Å²) in [5.74, 6) is 0.984. The summed E-state index contributed by atoms with van der Waals surface area (Å²) in [5.41, 5.74) is 6.76. The Morgan fingerprint density at radius 2 is 1.15 bits per heavy atom. The lowest BCUT2D eigenvalue weighted by Crippen LogP contribution is -2.28. The zero-order valence-corrected chi connectivity index (χ0v) is 21.7. The van der Waals surface area contributed by atoms with Crippen molar-refractivity contribution in [2.75, 3.05) is 13.2 Å². The van der Waals surface area contributed by atoms with Crippen LogP contribution in [0.4, 0.5) is 4.79 Å². The van der Waals surface area contributed by atoms with Gasteiger partial charge in [0.1, 0.15) is 23.0 Å². The van der Waals surface area contributed by atoms with Gasteiger partial charge in [-0.3, -0.25) is 0 Å². The molecule has 0 bridgehead atoms. The van der Waals surface area contributed by atoms with Crippen molar-refractivity contribution < 1.29 is 32.7 Å². The Bertz CT molecular complexity index is 1440. The molecule has 0 saturated carbocycles. The van der Waals surface area contributed by atoms with Crippen molar-refractivity contribution >= 4 is 30.4 Å². The number of esters is 2. The maximum atomic E-state index is 12.0. The second kappa shape index (κ2) is 13.4. The monoisotopic (exact) mass is 542 g/mol. The molecule has 0 fully saturated rings. The Morgan fingerprint density at radius 1 is 0.700 bits per heavy atom. The van der Waals surface area contributed by atoms with Crippen LogP contribution in [0, 0.1) is 0 Å². The maximum absolute atomic E-state index is 12.0. The first-order valence-electron chi connectivity index (χ1n) is 12.3. The molecule has 2 N–H and O–H groups in total. The minimum Gasteiger partial charge on any atom is -0.462 e. The third-order valence-corrected chi connectivity index (χ3v) is 5.29. The summed E-state index contributed by atoms with van der Waals surface area (Å²) in [7, 11) is 0. The summed E-state index contributed by atoms with van der Waals surface area (Å²) in [6.07, 6.45) is 2.65. The van der Waals surface area contributed by atoms with Crippen molar-refractivity contribution in [3.8, 4) is 22.6 Å². The van der Waals surface area contributed by atoms with Gasteiger partial charge in [0.05, 0.1) is 36.8 Å². The van der Waals surface area contributed by atoms with E-state index in [0.717, 1.165) is 0 Å². The molecular weight excluding hydrogens is 516 g/mol. The van der Waals surface area contributed by atoms with E-state index in [-0.39, 0.29) is 13.2 Å². The maximum Gasteiger partial charge on any atom is 0.355 e. The largest absolute Gasteiger partial charge is 0.462 e. The number of urea groups is 1. The van der Waals surface area contributed by atoms with Crippen molar-refractivity contribution in [3.05, 3.63) is 95.4 Å². The van der Waals surface area contributed by atoms with Gasteiger partial charge >= 0.3 is 18.0 Å². The van der Waals surface area contributed by atoms with Gasteiger partial charge in [0.15, 0.2) is 0 Å². The fraction of sp³-hybridized carbons (Fsp3) is 0.138. The molecule has 0 spiro atoms. The van der Waals surface area contributed by atoms with E-state index in [0.29, 0.717) is 45.3 Å². The van der Waals surface area contributed by atoms with Gasteiger partial charge in [-0.15, -0.1) is 0 Å². The molecule has 204 valence electrons. The number of amides is 2. The van der Waals surface area contributed by atoms with E-state index in [1.165, 1.54) is 12.4 Å². The van der Waals surface area contributed by atoms with Gasteiger partial charge in [-0.05, 0) is 62.4 Å². The Kier molecular flexibility index (Phi) is 9.22. The lowest BCUT2D eigenvalue weighted by Gasteiger charge is -2.03. The van der Waals surface area contributed by atoms with Crippen molar-refractivity contribution in [2.45, 2.75) is 13.8 Å². The van der Waals surface area contributed by atoms with Crippen molar-refractivity contribution in [3.63, 3.8) is 0 Å². The molecule has 0 unspecified atom stereocenters. The number of nitrogens with one attached hydrogen (secondary N) is 2. The highest BCUT2D eigenvalue weighted by atomic mass is 16.5. The molecule has 2 aromatic carbocycles. The van der Waals surface area contributed by atoms with Crippen LogP contribution in [0.3, 0.4) is 0 Å². The molecule has 4 aromatic rings. The second-order valence-corrected chi connectivity index (χ2v) is 8.08. The van der Waals surface area contributed by atoms with Gasteiger partial charge in [0, 0.05) is 11.1 Å². The van der Waals surface area contributed by atoms with Gasteiger partial charge in [-0.1, -0.05) is 24.3 Å². The second-order valence-electron chi connectivity index (χ2n) is 8.08. The average Bonchev–Trinajstić information content (AvgIpc) is 3.64. The molecule has 11 heteroatoms. The zero-order valence-electron chi connectivity index (χ0n) is 21.7. The molecule has 0 atom stereocenters. The number of benzene rings is 2. The highest BCUT2D eigenvalue weighted by molar-refractivity contribution is 5.91. The minimum absolute atomic E-state index is 0.287. The van der Waals surface area contributed by atoms with Crippen LogP contribution < -0.4 is 10.9 Å². The average molecular weight is 543 g/mol. The van der Waals surface area contributed by atoms with Crippen molar-refractivity contribution in [2.24, 2.45) is 10.2 Å². The van der Waals surface area contributed by atoms with E-state index >= 15 is 0 Å². The topological polar surface area (TPSA) is 145 Å². The third kappa shape index (κ3) is 7.32. The molecule has 2 heterocycles. The Morgan fingerprint density at radius 3 is 1.57 bits per heavy atom. The molecule has 0 aliphatic rings. The predicted molar refractivity (Wildman–Crippen MR) is 147 cm³/mol. The zero-order chi connectivity index (χ0) is 28.3. The van der Waals surface area contributed by atoms with Crippen LogP contribution in [-0.4, -0.2) is 43.6 Å². The number of carbonyl (C=O) groups excluding carboxylic acids is 3. The quantitative estimate of drug-likeness (QED) is 0.159. The normalized spacial score (nSPS) is 11.1. The van der Waals surface area contributed by atoms with Crippen LogP contribution >= 0.6 is 0 Å². The van der Waals surface area contributed by atoms with E-state index in [4.69, 9.17) is 18.3 Å². The lowest BCUT2D eigenvalue weighted by molar-refractivity contribution is 0.0517. The molecule has 0 radical (unpaired) electrons. The van der Waals surface area contributed by atoms with E-state index < -0.39 is 18.0 Å². The van der Waals surface area contributed by atoms with Gasteiger partial charge < -0.3 is 18.3 Å². The predicted octanol–water partition coefficient (Wildman–Crippen LogP) is 5.23. The Hall–Kier alpha value is -5.45. The molecule has 4 rings (SSSR count). The van der Waals surface area contributed by atoms with Gasteiger partial charge in [0.25, 0.3) is 0 Å². The summed E-state index contributed by atoms with van der Waals surface area (Å²) in [6, 6.07) is 19.8. The first-order chi connectivity index (χ1) is 19.5. The van der Waals surface area contributed by atoms with E-state index in [9.17, 15) is 14.4 Å². The number of carbonyl (C=O) groups is 3. The van der Waals surface area contributed by atoms with Crippen LogP contribution in [0.5, 0.6) is 0 Å². The fourth-order valence-corrected chi connectivity index (χ4v) is 3.52. The smallest absolute Gasteiger partial charge is 0.355 e. The number of ether oxygens (including phenoxy) is 2. The molecule has 0 saturated heterocycles. The van der Waals surface area contributed by atoms with Crippen LogP contribution in [0.1, 0.15) is 46.1 Å². The van der Waals surface area contributed by atoms with Gasteiger partial charge in [-0.2, -0.15) is 10.2 Å². The van der Waals surface area contributed by atoms with E-state index in [2.05, 4.69) is 21.1 Å². The summed E-state index contributed by atoms with van der Waals surface area (Å²) in [4.78, 5) is 35.9. The molecule has 2 aromatic heterocycles. The summed E-state index contributed by atoms with van der Waals surface area (Å²) < 4.78 is 21.5. The van der Waals surface area contributed by atoms with Gasteiger partial charge in [-0.25, -0.2) is 25.2 Å². The summed E-state index contributed by atoms with van der Waals surface area (Å²) in [5, 5.41) is 7.67. The van der Waals surface area contributed by atoms with Gasteiger partial charge in [0.2, 0.25) is 0 Å². The fourth-order valence-electron chi connectivity index (χ4n) is 3.52. The van der Waals surface area contributed by atoms with Crippen LogP contribution in [0.25, 0.3) is 22.6 Å². The minimum atomic E-state index is -0.685. The summed E-state index contributed by atoms with van der Waals surface area (Å²) >= 11 is 0. The standard InChI is InChI=1S/C29H26N4O7/c1-3-37-27(34)21-9-5-7-19(15-21)25-13-11-23(39-25)17-30-32-29(36)33-31-18-24-12-14-26(40-24)20-8-6-10-22(16-20)28(35)38-4-2/h5-18H,3-4H2,1-2H3,(H2,32,33,36). The number of nitrogens with zero attached hydrogens (tertiary/aromatic N) is 2.